The summed E-state index contributed by atoms with van der Waals surface area (Å²) in [5.74, 6) is 0.762. The standard InChI is InChI=1S/C14H16ClN3/c1-14(2,9-16)13-17-8-7-12(18-13)10-3-5-11(15)6-4-10/h3-8H,9,16H2,1-2H3. The Balaban J connectivity index is 2.41. The van der Waals surface area contributed by atoms with Gasteiger partial charge in [-0.25, -0.2) is 9.97 Å². The zero-order chi connectivity index (χ0) is 13.2. The molecule has 0 fully saturated rings. The fraction of sp³-hybridized carbons (Fsp3) is 0.286. The van der Waals surface area contributed by atoms with Crippen molar-refractivity contribution < 1.29 is 0 Å². The van der Waals surface area contributed by atoms with Crippen LogP contribution in [0.3, 0.4) is 0 Å². The Bertz CT molecular complexity index is 535. The van der Waals surface area contributed by atoms with Crippen LogP contribution in [-0.4, -0.2) is 16.5 Å². The van der Waals surface area contributed by atoms with Gasteiger partial charge in [-0.15, -0.1) is 0 Å². The lowest BCUT2D eigenvalue weighted by Gasteiger charge is -2.20. The number of nitrogens with two attached hydrogens (primary N) is 1. The highest BCUT2D eigenvalue weighted by atomic mass is 35.5. The smallest absolute Gasteiger partial charge is 0.135 e. The molecule has 0 aliphatic heterocycles. The third kappa shape index (κ3) is 2.68. The highest BCUT2D eigenvalue weighted by Gasteiger charge is 2.22. The number of rotatable bonds is 3. The molecule has 0 bridgehead atoms. The van der Waals surface area contributed by atoms with Gasteiger partial charge in [-0.1, -0.05) is 37.6 Å². The van der Waals surface area contributed by atoms with Crippen LogP contribution in [0.4, 0.5) is 0 Å². The molecule has 0 saturated carbocycles. The SMILES string of the molecule is CC(C)(CN)c1nccc(-c2ccc(Cl)cc2)n1. The fourth-order valence-corrected chi connectivity index (χ4v) is 1.68. The molecule has 1 heterocycles. The van der Waals surface area contributed by atoms with Gasteiger partial charge in [-0.05, 0) is 18.2 Å². The van der Waals surface area contributed by atoms with Gasteiger partial charge in [-0.3, -0.25) is 0 Å². The van der Waals surface area contributed by atoms with E-state index >= 15 is 0 Å². The van der Waals surface area contributed by atoms with Crippen molar-refractivity contribution in [2.75, 3.05) is 6.54 Å². The molecule has 2 rings (SSSR count). The number of hydrogen-bond acceptors (Lipinski definition) is 3. The lowest BCUT2D eigenvalue weighted by Crippen LogP contribution is -2.30. The van der Waals surface area contributed by atoms with Gasteiger partial charge in [0.2, 0.25) is 0 Å². The van der Waals surface area contributed by atoms with Crippen molar-refractivity contribution >= 4 is 11.6 Å². The first kappa shape index (κ1) is 13.0. The van der Waals surface area contributed by atoms with Crippen LogP contribution in [0.2, 0.25) is 5.02 Å². The second-order valence-corrected chi connectivity index (χ2v) is 5.30. The second-order valence-electron chi connectivity index (χ2n) is 4.86. The summed E-state index contributed by atoms with van der Waals surface area (Å²) in [6.07, 6.45) is 1.77. The average Bonchev–Trinajstić information content (AvgIpc) is 2.40. The maximum Gasteiger partial charge on any atom is 0.135 e. The average molecular weight is 262 g/mol. The predicted octanol–water partition coefficient (Wildman–Crippen LogP) is 3.03. The minimum atomic E-state index is -0.220. The first-order valence-corrected chi connectivity index (χ1v) is 6.20. The summed E-state index contributed by atoms with van der Waals surface area (Å²) in [5, 5.41) is 0.718. The van der Waals surface area contributed by atoms with E-state index < -0.39 is 0 Å². The zero-order valence-corrected chi connectivity index (χ0v) is 11.3. The quantitative estimate of drug-likeness (QED) is 0.924. The number of nitrogens with zero attached hydrogens (tertiary/aromatic N) is 2. The van der Waals surface area contributed by atoms with E-state index in [2.05, 4.69) is 9.97 Å². The van der Waals surface area contributed by atoms with Crippen LogP contribution >= 0.6 is 11.6 Å². The van der Waals surface area contributed by atoms with Crippen LogP contribution in [-0.2, 0) is 5.41 Å². The Morgan fingerprint density at radius 2 is 1.83 bits per heavy atom. The molecule has 18 heavy (non-hydrogen) atoms. The molecule has 0 radical (unpaired) electrons. The van der Waals surface area contributed by atoms with Gasteiger partial charge in [0, 0.05) is 28.7 Å². The van der Waals surface area contributed by atoms with E-state index in [1.807, 2.05) is 44.2 Å². The van der Waals surface area contributed by atoms with Crippen LogP contribution in [0, 0.1) is 0 Å². The molecule has 2 aromatic rings. The van der Waals surface area contributed by atoms with Crippen molar-refractivity contribution in [2.45, 2.75) is 19.3 Å². The highest BCUT2D eigenvalue weighted by Crippen LogP contribution is 2.23. The Kier molecular flexibility index (Phi) is 3.64. The molecule has 4 heteroatoms. The molecule has 94 valence electrons. The van der Waals surface area contributed by atoms with Crippen LogP contribution in [0.15, 0.2) is 36.5 Å². The Morgan fingerprint density at radius 3 is 2.44 bits per heavy atom. The predicted molar refractivity (Wildman–Crippen MR) is 74.6 cm³/mol. The normalized spacial score (nSPS) is 11.6. The summed E-state index contributed by atoms with van der Waals surface area (Å²) < 4.78 is 0. The van der Waals surface area contributed by atoms with Gasteiger partial charge < -0.3 is 5.73 Å². The van der Waals surface area contributed by atoms with Crippen molar-refractivity contribution in [3.05, 3.63) is 47.4 Å². The minimum absolute atomic E-state index is 0.220. The van der Waals surface area contributed by atoms with E-state index in [4.69, 9.17) is 17.3 Å². The summed E-state index contributed by atoms with van der Waals surface area (Å²) >= 11 is 5.88. The second kappa shape index (κ2) is 5.04. The van der Waals surface area contributed by atoms with Gasteiger partial charge in [0.25, 0.3) is 0 Å². The van der Waals surface area contributed by atoms with E-state index in [-0.39, 0.29) is 5.41 Å². The van der Waals surface area contributed by atoms with Gasteiger partial charge in [-0.2, -0.15) is 0 Å². The van der Waals surface area contributed by atoms with E-state index in [9.17, 15) is 0 Å². The molecular weight excluding hydrogens is 246 g/mol. The number of benzene rings is 1. The molecule has 0 unspecified atom stereocenters. The molecule has 0 amide bonds. The minimum Gasteiger partial charge on any atom is -0.329 e. The van der Waals surface area contributed by atoms with Crippen molar-refractivity contribution in [3.8, 4) is 11.3 Å². The first-order chi connectivity index (χ1) is 8.53. The van der Waals surface area contributed by atoms with Crippen molar-refractivity contribution in [1.82, 2.24) is 9.97 Å². The summed E-state index contributed by atoms with van der Waals surface area (Å²) in [7, 11) is 0. The molecule has 1 aromatic heterocycles. The van der Waals surface area contributed by atoms with Crippen molar-refractivity contribution in [3.63, 3.8) is 0 Å². The van der Waals surface area contributed by atoms with Crippen LogP contribution in [0.25, 0.3) is 11.3 Å². The summed E-state index contributed by atoms with van der Waals surface area (Å²) in [5.41, 5.74) is 7.44. The largest absolute Gasteiger partial charge is 0.329 e. The number of aromatic nitrogens is 2. The van der Waals surface area contributed by atoms with Gasteiger partial charge in [0.1, 0.15) is 5.82 Å². The fourth-order valence-electron chi connectivity index (χ4n) is 1.56. The van der Waals surface area contributed by atoms with E-state index in [0.717, 1.165) is 22.1 Å². The molecule has 0 saturated heterocycles. The molecule has 0 spiro atoms. The third-order valence-electron chi connectivity index (χ3n) is 2.91. The maximum atomic E-state index is 5.88. The molecule has 0 atom stereocenters. The van der Waals surface area contributed by atoms with E-state index in [1.54, 1.807) is 6.20 Å². The topological polar surface area (TPSA) is 51.8 Å². The summed E-state index contributed by atoms with van der Waals surface area (Å²) in [6, 6.07) is 9.49. The number of hydrogen-bond donors (Lipinski definition) is 1. The Morgan fingerprint density at radius 1 is 1.17 bits per heavy atom. The molecule has 3 nitrogen and oxygen atoms in total. The van der Waals surface area contributed by atoms with E-state index in [0.29, 0.717) is 6.54 Å². The summed E-state index contributed by atoms with van der Waals surface area (Å²) in [6.45, 7) is 4.58. The maximum absolute atomic E-state index is 5.88. The molecular formula is C14H16ClN3. The van der Waals surface area contributed by atoms with Crippen LogP contribution in [0.5, 0.6) is 0 Å². The van der Waals surface area contributed by atoms with Gasteiger partial charge in [0.05, 0.1) is 5.69 Å². The molecule has 0 aliphatic carbocycles. The Labute approximate surface area is 112 Å². The van der Waals surface area contributed by atoms with Gasteiger partial charge in [0.15, 0.2) is 0 Å². The third-order valence-corrected chi connectivity index (χ3v) is 3.16. The Hall–Kier alpha value is -1.45. The van der Waals surface area contributed by atoms with Crippen LogP contribution < -0.4 is 5.73 Å². The van der Waals surface area contributed by atoms with Crippen LogP contribution in [0.1, 0.15) is 19.7 Å². The lowest BCUT2D eigenvalue weighted by atomic mass is 9.92. The van der Waals surface area contributed by atoms with Crippen molar-refractivity contribution in [2.24, 2.45) is 5.73 Å². The monoisotopic (exact) mass is 261 g/mol. The zero-order valence-electron chi connectivity index (χ0n) is 10.5. The molecule has 1 aromatic carbocycles. The number of halogens is 1. The van der Waals surface area contributed by atoms with Crippen molar-refractivity contribution in [1.29, 1.82) is 0 Å². The first-order valence-electron chi connectivity index (χ1n) is 5.82. The van der Waals surface area contributed by atoms with E-state index in [1.165, 1.54) is 0 Å². The molecule has 2 N–H and O–H groups in total. The summed E-state index contributed by atoms with van der Waals surface area (Å²) in [4.78, 5) is 8.89. The highest BCUT2D eigenvalue weighted by molar-refractivity contribution is 6.30. The molecule has 0 aliphatic rings. The van der Waals surface area contributed by atoms with Gasteiger partial charge >= 0.3 is 0 Å². The lowest BCUT2D eigenvalue weighted by molar-refractivity contribution is 0.503.